The summed E-state index contributed by atoms with van der Waals surface area (Å²) in [6, 6.07) is 5.82. The molecule has 1 heterocycles. The smallest absolute Gasteiger partial charge is 0.133 e. The molecule has 0 saturated carbocycles. The Labute approximate surface area is 127 Å². The summed E-state index contributed by atoms with van der Waals surface area (Å²) >= 11 is 0. The normalized spacial score (nSPS) is 10.1. The van der Waals surface area contributed by atoms with Gasteiger partial charge in [0.1, 0.15) is 5.78 Å². The van der Waals surface area contributed by atoms with E-state index in [1.807, 2.05) is 32.0 Å². The SMILES string of the molecule is [CH2-]CC(=O)c1ccc2c(C)ccnc2c1C.[Y]. The Morgan fingerprint density at radius 3 is 2.65 bits per heavy atom. The first-order valence-electron chi connectivity index (χ1n) is 5.32. The molecule has 0 saturated heterocycles. The zero-order valence-electron chi connectivity index (χ0n) is 10.2. The topological polar surface area (TPSA) is 30.0 Å². The largest absolute Gasteiger partial charge is 0.336 e. The average molecular weight is 301 g/mol. The summed E-state index contributed by atoms with van der Waals surface area (Å²) in [5.41, 5.74) is 3.79. The van der Waals surface area contributed by atoms with E-state index in [4.69, 9.17) is 0 Å². The number of rotatable bonds is 2. The Morgan fingerprint density at radius 1 is 1.29 bits per heavy atom. The summed E-state index contributed by atoms with van der Waals surface area (Å²) in [5.74, 6) is 0.0720. The first-order valence-corrected chi connectivity index (χ1v) is 5.32. The Bertz CT molecular complexity index is 563. The second-order valence-corrected chi connectivity index (χ2v) is 3.94. The molecule has 1 radical (unpaired) electrons. The van der Waals surface area contributed by atoms with Crippen LogP contribution in [0.1, 0.15) is 27.9 Å². The molecule has 2 rings (SSSR count). The summed E-state index contributed by atoms with van der Waals surface area (Å²) in [7, 11) is 0. The van der Waals surface area contributed by atoms with Crippen LogP contribution in [0.2, 0.25) is 0 Å². The van der Waals surface area contributed by atoms with E-state index < -0.39 is 0 Å². The van der Waals surface area contributed by atoms with Gasteiger partial charge in [-0.15, -0.1) is 6.42 Å². The summed E-state index contributed by atoms with van der Waals surface area (Å²) in [4.78, 5) is 16.0. The van der Waals surface area contributed by atoms with E-state index in [0.717, 1.165) is 22.0 Å². The van der Waals surface area contributed by atoms with E-state index in [0.29, 0.717) is 0 Å². The predicted octanol–water partition coefficient (Wildman–Crippen LogP) is 3.26. The third-order valence-corrected chi connectivity index (χ3v) is 2.91. The molecule has 85 valence electrons. The second kappa shape index (κ2) is 5.83. The van der Waals surface area contributed by atoms with Crippen LogP contribution in [0.15, 0.2) is 24.4 Å². The molecule has 1 aromatic carbocycles. The van der Waals surface area contributed by atoms with Gasteiger partial charge in [-0.25, -0.2) is 0 Å². The minimum absolute atomic E-state index is 0. The number of pyridine rings is 1. The number of hydrogen-bond donors (Lipinski definition) is 0. The molecule has 0 fully saturated rings. The van der Waals surface area contributed by atoms with Crippen molar-refractivity contribution in [2.45, 2.75) is 20.3 Å². The number of fused-ring (bicyclic) bond motifs is 1. The molecule has 0 amide bonds. The van der Waals surface area contributed by atoms with Crippen LogP contribution in [0.5, 0.6) is 0 Å². The van der Waals surface area contributed by atoms with Gasteiger partial charge in [0.2, 0.25) is 0 Å². The van der Waals surface area contributed by atoms with Crippen LogP contribution in [-0.2, 0) is 32.7 Å². The first-order chi connectivity index (χ1) is 7.65. The maximum atomic E-state index is 11.7. The van der Waals surface area contributed by atoms with Gasteiger partial charge in [0.15, 0.2) is 0 Å². The quantitative estimate of drug-likeness (QED) is 0.629. The van der Waals surface area contributed by atoms with Gasteiger partial charge in [-0.05, 0) is 31.0 Å². The van der Waals surface area contributed by atoms with Crippen LogP contribution in [0.3, 0.4) is 0 Å². The van der Waals surface area contributed by atoms with Crippen molar-refractivity contribution in [1.29, 1.82) is 0 Å². The number of carbonyl (C=O) groups excluding carboxylic acids is 1. The number of aryl methyl sites for hydroxylation is 2. The van der Waals surface area contributed by atoms with E-state index >= 15 is 0 Å². The number of Topliss-reactive ketones (excluding diaryl/α,β-unsaturated/α-hetero) is 1. The number of carbonyl (C=O) groups is 1. The maximum Gasteiger partial charge on any atom is 0.133 e. The number of hydrogen-bond acceptors (Lipinski definition) is 2. The summed E-state index contributed by atoms with van der Waals surface area (Å²) < 4.78 is 0. The van der Waals surface area contributed by atoms with Crippen LogP contribution in [0, 0.1) is 20.8 Å². The van der Waals surface area contributed by atoms with E-state index in [-0.39, 0.29) is 44.9 Å². The molecule has 3 heteroatoms. The fraction of sp³-hybridized carbons (Fsp3) is 0.214. The zero-order chi connectivity index (χ0) is 11.7. The van der Waals surface area contributed by atoms with Gasteiger partial charge >= 0.3 is 0 Å². The van der Waals surface area contributed by atoms with Crippen molar-refractivity contribution < 1.29 is 37.5 Å². The molecule has 2 nitrogen and oxygen atoms in total. The number of ketones is 1. The van der Waals surface area contributed by atoms with E-state index in [1.54, 1.807) is 6.20 Å². The predicted molar refractivity (Wildman–Crippen MR) is 65.5 cm³/mol. The minimum Gasteiger partial charge on any atom is -0.336 e. The van der Waals surface area contributed by atoms with Crippen molar-refractivity contribution in [3.63, 3.8) is 0 Å². The van der Waals surface area contributed by atoms with Gasteiger partial charge in [0.05, 0.1) is 5.52 Å². The molecule has 0 aliphatic carbocycles. The maximum absolute atomic E-state index is 11.7. The molecule has 0 aliphatic rings. The monoisotopic (exact) mass is 301 g/mol. The van der Waals surface area contributed by atoms with Crippen LogP contribution in [0.4, 0.5) is 0 Å². The van der Waals surface area contributed by atoms with Crippen molar-refractivity contribution in [3.8, 4) is 0 Å². The Balaban J connectivity index is 0.00000144. The summed E-state index contributed by atoms with van der Waals surface area (Å²) in [6.07, 6.45) is 2.07. The molecular weight excluding hydrogens is 287 g/mol. The van der Waals surface area contributed by atoms with Crippen molar-refractivity contribution >= 4 is 16.7 Å². The van der Waals surface area contributed by atoms with Gasteiger partial charge in [-0.2, -0.15) is 0 Å². The fourth-order valence-corrected chi connectivity index (χ4v) is 1.93. The molecule has 2 aromatic rings. The zero-order valence-corrected chi connectivity index (χ0v) is 13.0. The van der Waals surface area contributed by atoms with Gasteiger partial charge in [0, 0.05) is 49.9 Å². The summed E-state index contributed by atoms with van der Waals surface area (Å²) in [5, 5.41) is 1.11. The van der Waals surface area contributed by atoms with E-state index in [1.165, 1.54) is 5.56 Å². The van der Waals surface area contributed by atoms with Gasteiger partial charge in [-0.1, -0.05) is 12.1 Å². The second-order valence-electron chi connectivity index (χ2n) is 3.94. The molecule has 0 N–H and O–H groups in total. The van der Waals surface area contributed by atoms with Crippen LogP contribution in [-0.4, -0.2) is 10.8 Å². The van der Waals surface area contributed by atoms with Crippen molar-refractivity contribution in [1.82, 2.24) is 4.98 Å². The Morgan fingerprint density at radius 2 is 2.00 bits per heavy atom. The first kappa shape index (κ1) is 14.5. The molecule has 0 atom stereocenters. The van der Waals surface area contributed by atoms with Crippen LogP contribution >= 0.6 is 0 Å². The molecule has 17 heavy (non-hydrogen) atoms. The average Bonchev–Trinajstić information content (AvgIpc) is 2.30. The van der Waals surface area contributed by atoms with Gasteiger partial charge in [-0.3, -0.25) is 9.78 Å². The fourth-order valence-electron chi connectivity index (χ4n) is 1.93. The van der Waals surface area contributed by atoms with Crippen LogP contribution in [0.25, 0.3) is 10.9 Å². The molecule has 0 bridgehead atoms. The van der Waals surface area contributed by atoms with Gasteiger partial charge in [0.25, 0.3) is 0 Å². The van der Waals surface area contributed by atoms with Crippen molar-refractivity contribution in [2.75, 3.05) is 0 Å². The standard InChI is InChI=1S/C14H14NO.Y/c1-4-13(16)12-6-5-11-9(2)7-8-15-14(11)10(12)3;/h5-8H,1,4H2,2-3H3;/q-1;. The molecule has 0 unspecified atom stereocenters. The molecule has 0 spiro atoms. The number of aromatic nitrogens is 1. The van der Waals surface area contributed by atoms with E-state index in [2.05, 4.69) is 11.9 Å². The van der Waals surface area contributed by atoms with Crippen molar-refractivity contribution in [2.24, 2.45) is 0 Å². The van der Waals surface area contributed by atoms with Gasteiger partial charge < -0.3 is 6.92 Å². The third kappa shape index (κ3) is 2.64. The van der Waals surface area contributed by atoms with Crippen LogP contribution < -0.4 is 0 Å². The van der Waals surface area contributed by atoms with E-state index in [9.17, 15) is 4.79 Å². The number of nitrogens with zero attached hydrogens (tertiary/aromatic N) is 1. The molecular formula is C14H14NOY-. The third-order valence-electron chi connectivity index (χ3n) is 2.91. The Hall–Kier alpha value is -0.596. The Kier molecular flexibility index (Phi) is 4.96. The molecule has 1 aromatic heterocycles. The van der Waals surface area contributed by atoms with Crippen molar-refractivity contribution in [3.05, 3.63) is 48.0 Å². The summed E-state index contributed by atoms with van der Waals surface area (Å²) in [6.45, 7) is 7.62. The minimum atomic E-state index is 0. The molecule has 0 aliphatic heterocycles. The number of benzene rings is 1.